The molecule has 0 radical (unpaired) electrons. The van der Waals surface area contributed by atoms with Gasteiger partial charge in [-0.1, -0.05) is 38.5 Å². The van der Waals surface area contributed by atoms with E-state index in [1.165, 1.54) is 25.7 Å². The van der Waals surface area contributed by atoms with Gasteiger partial charge in [-0.3, -0.25) is 13.8 Å². The highest BCUT2D eigenvalue weighted by molar-refractivity contribution is 7.47. The molecule has 0 saturated heterocycles. The lowest BCUT2D eigenvalue weighted by Crippen LogP contribution is -2.37. The van der Waals surface area contributed by atoms with E-state index in [4.69, 9.17) is 24.3 Å². The Balaban J connectivity index is 1.66. The molecule has 0 spiro atoms. The van der Waals surface area contributed by atoms with Crippen LogP contribution in [0.4, 0.5) is 0 Å². The Kier molecular flexibility index (Phi) is 13.3. The lowest BCUT2D eigenvalue weighted by atomic mass is 9.82. The number of phosphoric acid groups is 1. The van der Waals surface area contributed by atoms with Crippen molar-refractivity contribution >= 4 is 13.7 Å². The molecule has 3 atom stereocenters. The predicted molar refractivity (Wildman–Crippen MR) is 119 cm³/mol. The normalized spacial score (nSPS) is 20.7. The molecule has 10 nitrogen and oxygen atoms in total. The van der Waals surface area contributed by atoms with Crippen LogP contribution in [0.3, 0.4) is 0 Å². The summed E-state index contributed by atoms with van der Waals surface area (Å²) in [5.74, 6) is 0.998. The van der Waals surface area contributed by atoms with Crippen LogP contribution in [-0.4, -0.2) is 67.8 Å². The number of phosphoric ester groups is 1. The third-order valence-corrected chi connectivity index (χ3v) is 6.99. The van der Waals surface area contributed by atoms with Gasteiger partial charge >= 0.3 is 7.82 Å². The highest BCUT2D eigenvalue weighted by Gasteiger charge is 2.26. The first-order chi connectivity index (χ1) is 15.4. The SMILES string of the molecule is NCCOP(=O)(O)OCC(COCCNC(=O)C1CCC1)OC(O)CCCCC1CCC1. The maximum absolute atomic E-state index is 11.9. The first kappa shape index (κ1) is 27.7. The maximum Gasteiger partial charge on any atom is 0.472 e. The molecule has 0 aromatic carbocycles. The quantitative estimate of drug-likeness (QED) is 0.124. The Labute approximate surface area is 191 Å². The zero-order valence-electron chi connectivity index (χ0n) is 19.0. The smallest absolute Gasteiger partial charge is 0.377 e. The molecule has 0 aliphatic heterocycles. The van der Waals surface area contributed by atoms with E-state index in [9.17, 15) is 19.4 Å². The van der Waals surface area contributed by atoms with E-state index >= 15 is 0 Å². The van der Waals surface area contributed by atoms with Gasteiger partial charge in [0.25, 0.3) is 0 Å². The van der Waals surface area contributed by atoms with Crippen LogP contribution in [0.25, 0.3) is 0 Å². The van der Waals surface area contributed by atoms with Gasteiger partial charge in [-0.25, -0.2) is 4.57 Å². The van der Waals surface area contributed by atoms with Crippen LogP contribution in [0.5, 0.6) is 0 Å². The van der Waals surface area contributed by atoms with Gasteiger partial charge in [0.1, 0.15) is 6.10 Å². The van der Waals surface area contributed by atoms with Crippen LogP contribution in [0.1, 0.15) is 64.2 Å². The first-order valence-corrected chi connectivity index (χ1v) is 13.4. The van der Waals surface area contributed by atoms with Crippen LogP contribution >= 0.6 is 7.82 Å². The zero-order valence-corrected chi connectivity index (χ0v) is 19.9. The summed E-state index contributed by atoms with van der Waals surface area (Å²) in [5, 5.41) is 13.1. The van der Waals surface area contributed by atoms with Gasteiger partial charge in [0.2, 0.25) is 5.91 Å². The topological polar surface area (TPSA) is 150 Å². The van der Waals surface area contributed by atoms with Crippen LogP contribution in [-0.2, 0) is 27.9 Å². The Hall–Kier alpha value is -0.580. The average Bonchev–Trinajstić information content (AvgIpc) is 2.67. The molecule has 0 aromatic rings. The molecule has 3 unspecified atom stereocenters. The molecular weight excluding hydrogens is 439 g/mol. The van der Waals surface area contributed by atoms with Gasteiger partial charge in [-0.15, -0.1) is 0 Å². The number of amides is 1. The van der Waals surface area contributed by atoms with Crippen molar-refractivity contribution in [3.63, 3.8) is 0 Å². The second-order valence-electron chi connectivity index (χ2n) is 8.67. The van der Waals surface area contributed by atoms with E-state index in [1.807, 2.05) is 0 Å². The molecule has 32 heavy (non-hydrogen) atoms. The van der Waals surface area contributed by atoms with Crippen molar-refractivity contribution in [3.05, 3.63) is 0 Å². The fourth-order valence-electron chi connectivity index (χ4n) is 3.61. The lowest BCUT2D eigenvalue weighted by Gasteiger charge is -2.26. The Morgan fingerprint density at radius 2 is 1.84 bits per heavy atom. The summed E-state index contributed by atoms with van der Waals surface area (Å²) >= 11 is 0. The summed E-state index contributed by atoms with van der Waals surface area (Å²) in [6, 6.07) is 0. The van der Waals surface area contributed by atoms with E-state index in [-0.39, 0.29) is 44.8 Å². The van der Waals surface area contributed by atoms with E-state index in [2.05, 4.69) is 5.32 Å². The van der Waals surface area contributed by atoms with Crippen molar-refractivity contribution in [1.82, 2.24) is 5.32 Å². The highest BCUT2D eigenvalue weighted by atomic mass is 31.2. The van der Waals surface area contributed by atoms with Gasteiger partial charge in [-0.05, 0) is 31.6 Å². The zero-order chi connectivity index (χ0) is 23.2. The second kappa shape index (κ2) is 15.3. The maximum atomic E-state index is 11.9. The van der Waals surface area contributed by atoms with Gasteiger partial charge in [0.15, 0.2) is 6.29 Å². The Morgan fingerprint density at radius 3 is 2.47 bits per heavy atom. The number of hydrogen-bond acceptors (Lipinski definition) is 8. The molecule has 0 heterocycles. The Morgan fingerprint density at radius 1 is 1.09 bits per heavy atom. The van der Waals surface area contributed by atoms with Crippen molar-refractivity contribution in [3.8, 4) is 0 Å². The summed E-state index contributed by atoms with van der Waals surface area (Å²) in [5.41, 5.74) is 5.27. The van der Waals surface area contributed by atoms with E-state index in [1.54, 1.807) is 0 Å². The van der Waals surface area contributed by atoms with Crippen molar-refractivity contribution in [2.24, 2.45) is 17.6 Å². The van der Waals surface area contributed by atoms with Gasteiger partial charge in [0.05, 0.1) is 26.4 Å². The fourth-order valence-corrected chi connectivity index (χ4v) is 4.37. The van der Waals surface area contributed by atoms with Crippen molar-refractivity contribution < 1.29 is 37.9 Å². The minimum Gasteiger partial charge on any atom is -0.377 e. The molecule has 2 saturated carbocycles. The molecule has 0 bridgehead atoms. The number of aliphatic hydroxyl groups is 1. The molecule has 5 N–H and O–H groups in total. The highest BCUT2D eigenvalue weighted by Crippen LogP contribution is 2.43. The number of aliphatic hydroxyl groups excluding tert-OH is 1. The van der Waals surface area contributed by atoms with Crippen molar-refractivity contribution in [2.75, 3.05) is 39.5 Å². The number of carbonyl (C=O) groups excluding carboxylic acids is 1. The van der Waals surface area contributed by atoms with Crippen LogP contribution in [0, 0.1) is 11.8 Å². The molecule has 2 aliphatic rings. The minimum absolute atomic E-state index is 0.0370. The largest absolute Gasteiger partial charge is 0.472 e. The molecule has 2 aliphatic carbocycles. The van der Waals surface area contributed by atoms with Crippen LogP contribution < -0.4 is 11.1 Å². The van der Waals surface area contributed by atoms with Crippen LogP contribution in [0.2, 0.25) is 0 Å². The average molecular weight is 481 g/mol. The van der Waals surface area contributed by atoms with E-state index < -0.39 is 20.2 Å². The summed E-state index contributed by atoms with van der Waals surface area (Å²) < 4.78 is 32.7. The van der Waals surface area contributed by atoms with Crippen LogP contribution in [0.15, 0.2) is 0 Å². The molecule has 188 valence electrons. The molecule has 0 aromatic heterocycles. The third kappa shape index (κ3) is 11.5. The molecule has 1 amide bonds. The minimum atomic E-state index is -4.26. The number of ether oxygens (including phenoxy) is 2. The fraction of sp³-hybridized carbons (Fsp3) is 0.952. The number of rotatable bonds is 19. The van der Waals surface area contributed by atoms with Gasteiger partial charge in [0, 0.05) is 19.0 Å². The van der Waals surface area contributed by atoms with Gasteiger partial charge < -0.3 is 30.5 Å². The third-order valence-electron chi connectivity index (χ3n) is 6.01. The van der Waals surface area contributed by atoms with E-state index in [0.29, 0.717) is 13.0 Å². The summed E-state index contributed by atoms with van der Waals surface area (Å²) in [6.45, 7) is 0.353. The molecular formula is C21H41N2O8P. The second-order valence-corrected chi connectivity index (χ2v) is 10.1. The summed E-state index contributed by atoms with van der Waals surface area (Å²) in [7, 11) is -4.26. The standard InChI is InChI=1S/C21H41N2O8P/c22-11-13-29-32(26,27)30-16-19(15-28-14-12-23-21(25)18-8-4-9-18)31-20(24)10-2-1-5-17-6-3-7-17/h17-20,24H,1-16,22H2,(H,23,25)(H,26,27). The molecule has 2 fully saturated rings. The summed E-state index contributed by atoms with van der Waals surface area (Å²) in [4.78, 5) is 21.5. The van der Waals surface area contributed by atoms with E-state index in [0.717, 1.165) is 38.0 Å². The predicted octanol–water partition coefficient (Wildman–Crippen LogP) is 2.08. The van der Waals surface area contributed by atoms with Crippen molar-refractivity contribution in [2.45, 2.75) is 76.6 Å². The molecule has 11 heteroatoms. The monoisotopic (exact) mass is 480 g/mol. The van der Waals surface area contributed by atoms with Gasteiger partial charge in [-0.2, -0.15) is 0 Å². The summed E-state index contributed by atoms with van der Waals surface area (Å²) in [6.07, 6.45) is 8.68. The molecule has 2 rings (SSSR count). The number of nitrogens with two attached hydrogens (primary N) is 1. The lowest BCUT2D eigenvalue weighted by molar-refractivity contribution is -0.165. The Bertz CT molecular complexity index is 574. The number of nitrogens with one attached hydrogen (secondary N) is 1. The number of hydrogen-bond donors (Lipinski definition) is 4. The number of unbranched alkanes of at least 4 members (excludes halogenated alkanes) is 1. The van der Waals surface area contributed by atoms with Crippen molar-refractivity contribution in [1.29, 1.82) is 0 Å². The number of carbonyl (C=O) groups is 1. The first-order valence-electron chi connectivity index (χ1n) is 11.9.